The van der Waals surface area contributed by atoms with Crippen molar-refractivity contribution in [3.8, 4) is 44.9 Å². The van der Waals surface area contributed by atoms with E-state index < -0.39 is 6.04 Å². The normalized spacial score (nSPS) is 13.7. The summed E-state index contributed by atoms with van der Waals surface area (Å²) < 4.78 is 49.7. The highest BCUT2D eigenvalue weighted by molar-refractivity contribution is 6.25. The molecule has 0 aromatic heterocycles. The second-order valence-electron chi connectivity index (χ2n) is 11.7. The van der Waals surface area contributed by atoms with E-state index in [1.165, 1.54) is 5.39 Å². The van der Waals surface area contributed by atoms with Crippen molar-refractivity contribution in [2.45, 2.75) is 0 Å². The third kappa shape index (κ3) is 3.56. The van der Waals surface area contributed by atoms with Gasteiger partial charge in [-0.1, -0.05) is 127 Å². The fraction of sp³-hybridized carbons (Fsp3) is 0. The predicted octanol–water partition coefficient (Wildman–Crippen LogP) is 12.6. The highest BCUT2D eigenvalue weighted by Gasteiger charge is 2.23. The van der Waals surface area contributed by atoms with E-state index in [9.17, 15) is 0 Å². The first-order valence-electron chi connectivity index (χ1n) is 17.6. The van der Waals surface area contributed by atoms with Gasteiger partial charge in [-0.3, -0.25) is 0 Å². The van der Waals surface area contributed by atoms with Gasteiger partial charge in [-0.15, -0.1) is 0 Å². The highest BCUT2D eigenvalue weighted by Crippen LogP contribution is 2.50. The molecule has 1 aliphatic heterocycles. The van der Waals surface area contributed by atoms with Crippen LogP contribution in [-0.4, -0.2) is 0 Å². The Balaban J connectivity index is 1.28. The molecular weight excluding hydrogens is 544 g/mol. The fourth-order valence-electron chi connectivity index (χ4n) is 7.36. The van der Waals surface area contributed by atoms with Gasteiger partial charge >= 0.3 is 0 Å². The molecule has 1 aliphatic rings. The second kappa shape index (κ2) is 9.29. The van der Waals surface area contributed by atoms with Gasteiger partial charge < -0.3 is 4.74 Å². The third-order valence-corrected chi connectivity index (χ3v) is 9.27. The van der Waals surface area contributed by atoms with Gasteiger partial charge in [0.1, 0.15) is 11.5 Å². The van der Waals surface area contributed by atoms with Crippen LogP contribution < -0.4 is 4.74 Å². The van der Waals surface area contributed by atoms with E-state index in [1.54, 1.807) is 0 Å². The first-order chi connectivity index (χ1) is 24.4. The van der Waals surface area contributed by atoms with E-state index in [4.69, 9.17) is 11.6 Å². The molecule has 1 heteroatoms. The Morgan fingerprint density at radius 3 is 1.93 bits per heavy atom. The molecule has 9 aromatic carbocycles. The van der Waals surface area contributed by atoms with Crippen LogP contribution in [-0.2, 0) is 0 Å². The summed E-state index contributed by atoms with van der Waals surface area (Å²) in [5.41, 5.74) is 5.08. The number of hydrogen-bond acceptors (Lipinski definition) is 1. The molecule has 0 spiro atoms. The lowest BCUT2D eigenvalue weighted by Gasteiger charge is -2.23. The van der Waals surface area contributed by atoms with Gasteiger partial charge in [-0.25, -0.2) is 0 Å². The van der Waals surface area contributed by atoms with Crippen LogP contribution in [0, 0.1) is 0 Å². The molecule has 0 saturated carbocycles. The number of fused-ring (bicyclic) bond motifs is 8. The summed E-state index contributed by atoms with van der Waals surface area (Å²) in [5, 5.41) is 10.1. The largest absolute Gasteiger partial charge is 0.456 e. The van der Waals surface area contributed by atoms with E-state index in [0.717, 1.165) is 82.2 Å². The summed E-state index contributed by atoms with van der Waals surface area (Å²) in [4.78, 5) is 0. The molecule has 0 saturated heterocycles. The Kier molecular flexibility index (Phi) is 4.15. The summed E-state index contributed by atoms with van der Waals surface area (Å²) in [5.74, 6) is 1.67. The molecule has 0 aliphatic carbocycles. The summed E-state index contributed by atoms with van der Waals surface area (Å²) in [6, 6.07) is 42.2. The van der Waals surface area contributed by atoms with E-state index in [-0.39, 0.29) is 29.7 Å². The zero-order valence-corrected chi connectivity index (χ0v) is 24.0. The minimum absolute atomic E-state index is 0.209. The van der Waals surface area contributed by atoms with Crippen LogP contribution in [0.5, 0.6) is 11.5 Å². The van der Waals surface area contributed by atoms with Crippen molar-refractivity contribution in [2.75, 3.05) is 0 Å². The van der Waals surface area contributed by atoms with Crippen LogP contribution in [0.3, 0.4) is 0 Å². The van der Waals surface area contributed by atoms with E-state index in [2.05, 4.69) is 91.0 Å². The number of ether oxygens (including phenoxy) is 1. The average Bonchev–Trinajstić information content (AvgIpc) is 3.15. The van der Waals surface area contributed by atoms with Gasteiger partial charge in [0.25, 0.3) is 0 Å². The van der Waals surface area contributed by atoms with Crippen molar-refractivity contribution in [3.63, 3.8) is 0 Å². The quantitative estimate of drug-likeness (QED) is 0.147. The van der Waals surface area contributed by atoms with Crippen LogP contribution in [0.1, 0.15) is 6.85 Å². The molecular formula is C44H26O. The number of hydrogen-bond donors (Lipinski definition) is 0. The number of rotatable bonds is 2. The van der Waals surface area contributed by atoms with Crippen molar-refractivity contribution < 1.29 is 11.6 Å². The maximum absolute atomic E-state index is 8.96. The topological polar surface area (TPSA) is 9.23 Å². The first-order valence-corrected chi connectivity index (χ1v) is 15.1. The van der Waals surface area contributed by atoms with Crippen molar-refractivity contribution in [1.29, 1.82) is 0 Å². The van der Waals surface area contributed by atoms with Gasteiger partial charge in [0.15, 0.2) is 0 Å². The Morgan fingerprint density at radius 2 is 1.09 bits per heavy atom. The van der Waals surface area contributed by atoms with Gasteiger partial charge in [0, 0.05) is 10.9 Å². The lowest BCUT2D eigenvalue weighted by atomic mass is 9.85. The first kappa shape index (κ1) is 20.1. The van der Waals surface area contributed by atoms with E-state index in [1.807, 2.05) is 36.4 Å². The monoisotopic (exact) mass is 575 g/mol. The van der Waals surface area contributed by atoms with Crippen LogP contribution in [0.25, 0.3) is 87.2 Å². The summed E-state index contributed by atoms with van der Waals surface area (Å²) >= 11 is 0. The molecule has 208 valence electrons. The summed E-state index contributed by atoms with van der Waals surface area (Å²) in [6.45, 7) is 0. The summed E-state index contributed by atoms with van der Waals surface area (Å²) in [6.07, 6.45) is 0. The molecule has 0 radical (unpaired) electrons. The van der Waals surface area contributed by atoms with Crippen LogP contribution >= 0.6 is 0 Å². The lowest BCUT2D eigenvalue weighted by molar-refractivity contribution is 0.488. The standard InChI is InChI=1S/C44H26O/c1-2-11-27(12-3-1)42-33-16-7-5-13-28(33)23-31-25-38(34-17-8-9-18-36(34)43(31)42)30-21-22-40-39(24-30)37-20-10-19-35-32-15-6-4-14-29(32)26-41(45-40)44(35)37/h1-26H/i1D,2D,3D,11D,12D. The fourth-order valence-corrected chi connectivity index (χ4v) is 7.36. The Morgan fingerprint density at radius 1 is 0.400 bits per heavy atom. The third-order valence-electron chi connectivity index (χ3n) is 9.27. The van der Waals surface area contributed by atoms with Crippen LogP contribution in [0.4, 0.5) is 0 Å². The van der Waals surface area contributed by atoms with Crippen LogP contribution in [0.15, 0.2) is 158 Å². The molecule has 9 aromatic rings. The Hall–Kier alpha value is -5.92. The van der Waals surface area contributed by atoms with Crippen molar-refractivity contribution in [3.05, 3.63) is 158 Å². The molecule has 45 heavy (non-hydrogen) atoms. The Bertz CT molecular complexity index is 2940. The molecule has 0 atom stereocenters. The zero-order chi connectivity index (χ0) is 33.8. The number of benzene rings is 9. The molecule has 0 fully saturated rings. The van der Waals surface area contributed by atoms with Gasteiger partial charge in [-0.2, -0.15) is 0 Å². The maximum Gasteiger partial charge on any atom is 0.136 e. The molecule has 1 heterocycles. The zero-order valence-electron chi connectivity index (χ0n) is 29.0. The van der Waals surface area contributed by atoms with Crippen molar-refractivity contribution >= 4 is 53.9 Å². The van der Waals surface area contributed by atoms with Crippen LogP contribution in [0.2, 0.25) is 0 Å². The minimum atomic E-state index is -0.400. The van der Waals surface area contributed by atoms with Gasteiger partial charge in [-0.05, 0) is 107 Å². The molecule has 0 bridgehead atoms. The molecule has 0 amide bonds. The molecule has 10 rings (SSSR count). The molecule has 0 N–H and O–H groups in total. The SMILES string of the molecule is [2H]c1c([2H])c([2H])c(-c2c3ccccc3cc3cc(-c4ccc5c(c4)-c4cccc6c4c(cc4ccccc46)O5)c4ccccc4c23)c([2H])c1[2H]. The second-order valence-corrected chi connectivity index (χ2v) is 11.7. The summed E-state index contributed by atoms with van der Waals surface area (Å²) in [7, 11) is 0. The molecule has 1 nitrogen and oxygen atoms in total. The maximum atomic E-state index is 8.96. The predicted molar refractivity (Wildman–Crippen MR) is 190 cm³/mol. The van der Waals surface area contributed by atoms with E-state index >= 15 is 0 Å². The minimum Gasteiger partial charge on any atom is -0.456 e. The smallest absolute Gasteiger partial charge is 0.136 e. The van der Waals surface area contributed by atoms with Gasteiger partial charge in [0.2, 0.25) is 0 Å². The van der Waals surface area contributed by atoms with Crippen molar-refractivity contribution in [1.82, 2.24) is 0 Å². The lowest BCUT2D eigenvalue weighted by Crippen LogP contribution is -1.98. The average molecular weight is 576 g/mol. The highest BCUT2D eigenvalue weighted by atomic mass is 16.5. The van der Waals surface area contributed by atoms with Gasteiger partial charge in [0.05, 0.1) is 6.85 Å². The van der Waals surface area contributed by atoms with E-state index in [0.29, 0.717) is 5.56 Å². The molecule has 0 unspecified atom stereocenters. The Labute approximate surface area is 267 Å². The van der Waals surface area contributed by atoms with Crippen molar-refractivity contribution in [2.24, 2.45) is 0 Å².